The standard InChI is InChI=1S/C25H24O2/c1-19(2)17-22-15-12-20(13-16-22)11-14-21-7-6-8-23(18-21)25(26)27-24-9-4-3-5-10-24/h3-16,18-19H,17H2,1-2H3. The molecule has 0 saturated heterocycles. The first-order valence-corrected chi connectivity index (χ1v) is 9.24. The Hall–Kier alpha value is -3.13. The smallest absolute Gasteiger partial charge is 0.343 e. The molecule has 0 amide bonds. The molecule has 0 saturated carbocycles. The van der Waals surface area contributed by atoms with Crippen molar-refractivity contribution in [2.45, 2.75) is 20.3 Å². The van der Waals surface area contributed by atoms with Crippen molar-refractivity contribution in [2.75, 3.05) is 0 Å². The number of carbonyl (C=O) groups excluding carboxylic acids is 1. The fraction of sp³-hybridized carbons (Fsp3) is 0.160. The van der Waals surface area contributed by atoms with Crippen molar-refractivity contribution in [1.82, 2.24) is 0 Å². The van der Waals surface area contributed by atoms with E-state index in [-0.39, 0.29) is 5.97 Å². The van der Waals surface area contributed by atoms with Gasteiger partial charge in [0.05, 0.1) is 5.56 Å². The zero-order valence-electron chi connectivity index (χ0n) is 15.8. The third kappa shape index (κ3) is 5.68. The zero-order chi connectivity index (χ0) is 19.1. The Bertz CT molecular complexity index is 907. The minimum absolute atomic E-state index is 0.352. The summed E-state index contributed by atoms with van der Waals surface area (Å²) < 4.78 is 5.40. The van der Waals surface area contributed by atoms with Crippen LogP contribution in [0, 0.1) is 5.92 Å². The number of ether oxygens (including phenoxy) is 1. The van der Waals surface area contributed by atoms with Gasteiger partial charge >= 0.3 is 5.97 Å². The lowest BCUT2D eigenvalue weighted by Gasteiger charge is -2.05. The van der Waals surface area contributed by atoms with Gasteiger partial charge < -0.3 is 4.74 Å². The minimum atomic E-state index is -0.352. The Kier molecular flexibility index (Phi) is 6.22. The number of para-hydroxylation sites is 1. The summed E-state index contributed by atoms with van der Waals surface area (Å²) in [4.78, 5) is 12.3. The van der Waals surface area contributed by atoms with Crippen molar-refractivity contribution in [2.24, 2.45) is 5.92 Å². The molecular weight excluding hydrogens is 332 g/mol. The Morgan fingerprint density at radius 2 is 1.56 bits per heavy atom. The molecule has 0 aliphatic rings. The molecule has 0 aromatic heterocycles. The van der Waals surface area contributed by atoms with Gasteiger partial charge in [-0.05, 0) is 53.3 Å². The summed E-state index contributed by atoms with van der Waals surface area (Å²) in [7, 11) is 0. The molecule has 3 aromatic carbocycles. The van der Waals surface area contributed by atoms with E-state index < -0.39 is 0 Å². The molecule has 0 spiro atoms. The lowest BCUT2D eigenvalue weighted by Crippen LogP contribution is -2.08. The zero-order valence-corrected chi connectivity index (χ0v) is 15.8. The number of carbonyl (C=O) groups is 1. The van der Waals surface area contributed by atoms with E-state index in [0.29, 0.717) is 17.2 Å². The maximum Gasteiger partial charge on any atom is 0.343 e. The lowest BCUT2D eigenvalue weighted by atomic mass is 10.0. The van der Waals surface area contributed by atoms with Crippen molar-refractivity contribution in [3.63, 3.8) is 0 Å². The van der Waals surface area contributed by atoms with E-state index >= 15 is 0 Å². The highest BCUT2D eigenvalue weighted by molar-refractivity contribution is 5.92. The molecule has 0 unspecified atom stereocenters. The van der Waals surface area contributed by atoms with E-state index in [1.807, 2.05) is 42.5 Å². The quantitative estimate of drug-likeness (QED) is 0.295. The first-order valence-electron chi connectivity index (χ1n) is 9.24. The van der Waals surface area contributed by atoms with E-state index in [9.17, 15) is 4.79 Å². The van der Waals surface area contributed by atoms with Gasteiger partial charge in [0.2, 0.25) is 0 Å². The van der Waals surface area contributed by atoms with Gasteiger partial charge in [0.25, 0.3) is 0 Å². The maximum atomic E-state index is 12.3. The number of rotatable bonds is 6. The summed E-state index contributed by atoms with van der Waals surface area (Å²) in [5.41, 5.74) is 3.99. The lowest BCUT2D eigenvalue weighted by molar-refractivity contribution is 0.0734. The summed E-state index contributed by atoms with van der Waals surface area (Å²) >= 11 is 0. The van der Waals surface area contributed by atoms with Gasteiger partial charge in [-0.3, -0.25) is 0 Å². The third-order valence-electron chi connectivity index (χ3n) is 4.17. The number of benzene rings is 3. The van der Waals surface area contributed by atoms with Crippen LogP contribution >= 0.6 is 0 Å². The predicted molar refractivity (Wildman–Crippen MR) is 112 cm³/mol. The molecule has 27 heavy (non-hydrogen) atoms. The van der Waals surface area contributed by atoms with Gasteiger partial charge in [0, 0.05) is 0 Å². The second-order valence-corrected chi connectivity index (χ2v) is 7.00. The molecule has 136 valence electrons. The van der Waals surface area contributed by atoms with Crippen LogP contribution in [0.25, 0.3) is 12.2 Å². The second-order valence-electron chi connectivity index (χ2n) is 7.00. The largest absolute Gasteiger partial charge is 0.423 e. The maximum absolute atomic E-state index is 12.3. The molecule has 0 N–H and O–H groups in total. The van der Waals surface area contributed by atoms with Crippen molar-refractivity contribution < 1.29 is 9.53 Å². The van der Waals surface area contributed by atoms with E-state index in [0.717, 1.165) is 17.5 Å². The van der Waals surface area contributed by atoms with Crippen LogP contribution in [0.4, 0.5) is 0 Å². The monoisotopic (exact) mass is 356 g/mol. The van der Waals surface area contributed by atoms with Crippen LogP contribution in [-0.4, -0.2) is 5.97 Å². The molecule has 0 aliphatic carbocycles. The molecule has 0 bridgehead atoms. The van der Waals surface area contributed by atoms with Gasteiger partial charge in [0.1, 0.15) is 5.75 Å². The van der Waals surface area contributed by atoms with Crippen LogP contribution in [0.1, 0.15) is 40.9 Å². The van der Waals surface area contributed by atoms with E-state index in [2.05, 4.69) is 44.2 Å². The fourth-order valence-corrected chi connectivity index (χ4v) is 2.85. The van der Waals surface area contributed by atoms with Crippen LogP contribution in [0.2, 0.25) is 0 Å². The SMILES string of the molecule is CC(C)Cc1ccc(C=Cc2cccc(C(=O)Oc3ccccc3)c2)cc1. The molecule has 0 heterocycles. The third-order valence-corrected chi connectivity index (χ3v) is 4.17. The fourth-order valence-electron chi connectivity index (χ4n) is 2.85. The average Bonchev–Trinajstić information content (AvgIpc) is 2.68. The molecule has 2 heteroatoms. The molecule has 0 aliphatic heterocycles. The van der Waals surface area contributed by atoms with Crippen molar-refractivity contribution in [3.05, 3.63) is 101 Å². The van der Waals surface area contributed by atoms with Gasteiger partial charge in [-0.1, -0.05) is 80.6 Å². The highest BCUT2D eigenvalue weighted by Crippen LogP contribution is 2.15. The summed E-state index contributed by atoms with van der Waals surface area (Å²) in [6.45, 7) is 4.45. The van der Waals surface area contributed by atoms with Crippen molar-refractivity contribution in [3.8, 4) is 5.75 Å². The van der Waals surface area contributed by atoms with E-state index in [4.69, 9.17) is 4.74 Å². The summed E-state index contributed by atoms with van der Waals surface area (Å²) in [6.07, 6.45) is 5.16. The predicted octanol–water partition coefficient (Wildman–Crippen LogP) is 6.27. The molecule has 0 fully saturated rings. The summed E-state index contributed by atoms with van der Waals surface area (Å²) in [5.74, 6) is 0.851. The van der Waals surface area contributed by atoms with Crippen LogP contribution in [-0.2, 0) is 6.42 Å². The first kappa shape index (κ1) is 18.7. The molecule has 3 rings (SSSR count). The molecule has 0 radical (unpaired) electrons. The normalized spacial score (nSPS) is 11.1. The first-order chi connectivity index (χ1) is 13.1. The Labute approximate surface area is 161 Å². The highest BCUT2D eigenvalue weighted by Gasteiger charge is 2.08. The summed E-state index contributed by atoms with van der Waals surface area (Å²) in [5, 5.41) is 0. The van der Waals surface area contributed by atoms with Gasteiger partial charge in [-0.15, -0.1) is 0 Å². The average molecular weight is 356 g/mol. The van der Waals surface area contributed by atoms with Crippen LogP contribution in [0.5, 0.6) is 5.75 Å². The van der Waals surface area contributed by atoms with E-state index in [1.54, 1.807) is 18.2 Å². The number of hydrogen-bond acceptors (Lipinski definition) is 2. The van der Waals surface area contributed by atoms with Crippen molar-refractivity contribution >= 4 is 18.1 Å². The van der Waals surface area contributed by atoms with Crippen molar-refractivity contribution in [1.29, 1.82) is 0 Å². The molecule has 3 aromatic rings. The van der Waals surface area contributed by atoms with Gasteiger partial charge in [-0.2, -0.15) is 0 Å². The summed E-state index contributed by atoms with van der Waals surface area (Å²) in [6, 6.07) is 25.2. The number of hydrogen-bond donors (Lipinski definition) is 0. The van der Waals surface area contributed by atoms with Crippen LogP contribution in [0.15, 0.2) is 78.9 Å². The molecular formula is C25H24O2. The van der Waals surface area contributed by atoms with E-state index in [1.165, 1.54) is 5.56 Å². The number of esters is 1. The topological polar surface area (TPSA) is 26.3 Å². The molecule has 0 atom stereocenters. The Morgan fingerprint density at radius 3 is 2.26 bits per heavy atom. The highest BCUT2D eigenvalue weighted by atomic mass is 16.5. The van der Waals surface area contributed by atoms with Crippen LogP contribution in [0.3, 0.4) is 0 Å². The second kappa shape index (κ2) is 9.00. The van der Waals surface area contributed by atoms with Crippen LogP contribution < -0.4 is 4.74 Å². The molecule has 2 nitrogen and oxygen atoms in total. The van der Waals surface area contributed by atoms with Gasteiger partial charge in [0.15, 0.2) is 0 Å². The Balaban J connectivity index is 1.68. The Morgan fingerprint density at radius 1 is 0.852 bits per heavy atom. The van der Waals surface area contributed by atoms with Gasteiger partial charge in [-0.25, -0.2) is 4.79 Å². The minimum Gasteiger partial charge on any atom is -0.423 e.